The molecule has 0 radical (unpaired) electrons. The molecule has 2 aromatic rings. The van der Waals surface area contributed by atoms with Gasteiger partial charge < -0.3 is 4.74 Å². The van der Waals surface area contributed by atoms with Gasteiger partial charge in [-0.05, 0) is 48.7 Å². The number of fused-ring (bicyclic) bond motifs is 4. The Balaban J connectivity index is 1.60. The zero-order valence-electron chi connectivity index (χ0n) is 13.7. The molecule has 1 atom stereocenters. The molecule has 3 aliphatic rings. The van der Waals surface area contributed by atoms with E-state index in [2.05, 4.69) is 33.1 Å². The maximum atomic E-state index is 13.3. The summed E-state index contributed by atoms with van der Waals surface area (Å²) >= 11 is 3.58. The van der Waals surface area contributed by atoms with Crippen LogP contribution in [0.5, 0.6) is 5.75 Å². The van der Waals surface area contributed by atoms with Gasteiger partial charge in [0.05, 0.1) is 11.8 Å². The average molecular weight is 401 g/mol. The van der Waals surface area contributed by atoms with Crippen LogP contribution in [0.4, 0.5) is 4.39 Å². The van der Waals surface area contributed by atoms with E-state index in [1.165, 1.54) is 17.7 Å². The Morgan fingerprint density at radius 2 is 1.88 bits per heavy atom. The second-order valence-corrected chi connectivity index (χ2v) is 7.97. The van der Waals surface area contributed by atoms with Crippen molar-refractivity contribution in [3.8, 4) is 5.75 Å². The van der Waals surface area contributed by atoms with Gasteiger partial charge in [-0.15, -0.1) is 0 Å². The molecule has 25 heavy (non-hydrogen) atoms. The third-order valence-corrected chi connectivity index (χ3v) is 6.01. The number of ether oxygens (including phenoxy) is 1. The number of rotatable bonds is 1. The zero-order valence-corrected chi connectivity index (χ0v) is 15.3. The molecule has 0 aromatic heterocycles. The van der Waals surface area contributed by atoms with E-state index in [1.54, 1.807) is 0 Å². The Morgan fingerprint density at radius 1 is 1.12 bits per heavy atom. The molecule has 1 fully saturated rings. The summed E-state index contributed by atoms with van der Waals surface area (Å²) < 4.78 is 20.8. The Morgan fingerprint density at radius 3 is 2.64 bits per heavy atom. The zero-order chi connectivity index (χ0) is 17.0. The molecule has 3 nitrogen and oxygen atoms in total. The Hall–Kier alpha value is -1.88. The number of hydrogen-bond acceptors (Lipinski definition) is 3. The molecule has 1 spiro atoms. The molecule has 0 amide bonds. The van der Waals surface area contributed by atoms with Gasteiger partial charge in [-0.1, -0.05) is 28.1 Å². The molecule has 2 aromatic carbocycles. The van der Waals surface area contributed by atoms with Gasteiger partial charge in [-0.3, -0.25) is 0 Å². The first-order chi connectivity index (χ1) is 12.1. The lowest BCUT2D eigenvalue weighted by atomic mass is 9.94. The molecule has 0 saturated heterocycles. The minimum atomic E-state index is -0.326. The predicted octanol–water partition coefficient (Wildman–Crippen LogP) is 5.40. The molecular formula is C20H18BrFN2O. The fourth-order valence-electron chi connectivity index (χ4n) is 4.33. The third kappa shape index (κ3) is 2.40. The van der Waals surface area contributed by atoms with Crippen LogP contribution in [0.1, 0.15) is 49.3 Å². The van der Waals surface area contributed by atoms with E-state index in [0.717, 1.165) is 53.6 Å². The van der Waals surface area contributed by atoms with E-state index in [9.17, 15) is 4.39 Å². The minimum absolute atomic E-state index is 0.180. The highest BCUT2D eigenvalue weighted by atomic mass is 79.9. The lowest BCUT2D eigenvalue weighted by Crippen LogP contribution is -2.51. The molecule has 128 valence electrons. The van der Waals surface area contributed by atoms with E-state index < -0.39 is 0 Å². The lowest BCUT2D eigenvalue weighted by molar-refractivity contribution is -0.114. The molecule has 2 aliphatic heterocycles. The van der Waals surface area contributed by atoms with Crippen LogP contribution in [0.25, 0.3) is 0 Å². The maximum absolute atomic E-state index is 13.3. The summed E-state index contributed by atoms with van der Waals surface area (Å²) in [4.78, 5) is 0. The first-order valence-electron chi connectivity index (χ1n) is 8.76. The summed E-state index contributed by atoms with van der Waals surface area (Å²) in [5, 5.41) is 7.15. The molecule has 1 unspecified atom stereocenters. The Labute approximate surface area is 154 Å². The van der Waals surface area contributed by atoms with Crippen molar-refractivity contribution >= 4 is 21.6 Å². The van der Waals surface area contributed by atoms with E-state index in [4.69, 9.17) is 9.84 Å². The molecule has 1 aliphatic carbocycles. The summed E-state index contributed by atoms with van der Waals surface area (Å²) in [6.07, 6.45) is 5.14. The summed E-state index contributed by atoms with van der Waals surface area (Å²) in [6, 6.07) is 13.0. The average Bonchev–Trinajstić information content (AvgIpc) is 3.25. The van der Waals surface area contributed by atoms with Crippen LogP contribution in [0.3, 0.4) is 0 Å². The topological polar surface area (TPSA) is 24.8 Å². The van der Waals surface area contributed by atoms with Crippen molar-refractivity contribution in [1.82, 2.24) is 5.01 Å². The quantitative estimate of drug-likeness (QED) is 0.639. The van der Waals surface area contributed by atoms with Gasteiger partial charge >= 0.3 is 0 Å². The van der Waals surface area contributed by atoms with Gasteiger partial charge in [0.15, 0.2) is 5.72 Å². The van der Waals surface area contributed by atoms with E-state index in [0.29, 0.717) is 0 Å². The van der Waals surface area contributed by atoms with Gasteiger partial charge in [0.1, 0.15) is 11.6 Å². The van der Waals surface area contributed by atoms with E-state index in [-0.39, 0.29) is 17.6 Å². The van der Waals surface area contributed by atoms with Crippen molar-refractivity contribution in [2.45, 2.75) is 43.9 Å². The van der Waals surface area contributed by atoms with Crippen LogP contribution in [0.2, 0.25) is 0 Å². The van der Waals surface area contributed by atoms with Gasteiger partial charge in [0.2, 0.25) is 0 Å². The molecule has 0 N–H and O–H groups in total. The molecule has 1 saturated carbocycles. The highest BCUT2D eigenvalue weighted by Crippen LogP contribution is 2.52. The second kappa shape index (κ2) is 5.56. The van der Waals surface area contributed by atoms with Crippen LogP contribution in [0.15, 0.2) is 52.0 Å². The molecule has 0 bridgehead atoms. The molecular weight excluding hydrogens is 383 g/mol. The standard InChI is InChI=1S/C20H18BrFN2O/c21-14-5-8-19-16(11-14)18-12-17(13-3-6-15(22)7-4-13)23-24(18)20(25-19)9-1-2-10-20/h3-8,11,18H,1-2,9-10,12H2. The van der Waals surface area contributed by atoms with Crippen LogP contribution < -0.4 is 4.74 Å². The lowest BCUT2D eigenvalue weighted by Gasteiger charge is -2.45. The van der Waals surface area contributed by atoms with Crippen molar-refractivity contribution in [2.75, 3.05) is 0 Å². The minimum Gasteiger partial charge on any atom is -0.466 e. The second-order valence-electron chi connectivity index (χ2n) is 7.06. The number of nitrogens with zero attached hydrogens (tertiary/aromatic N) is 2. The highest BCUT2D eigenvalue weighted by Gasteiger charge is 2.51. The van der Waals surface area contributed by atoms with Crippen molar-refractivity contribution in [1.29, 1.82) is 0 Å². The Kier molecular flexibility index (Phi) is 3.42. The summed E-state index contributed by atoms with van der Waals surface area (Å²) in [6.45, 7) is 0. The number of hydrazone groups is 1. The first kappa shape index (κ1) is 15.4. The molecule has 5 rings (SSSR count). The van der Waals surface area contributed by atoms with Crippen molar-refractivity contribution in [2.24, 2.45) is 5.10 Å². The number of benzene rings is 2. The normalized spacial score (nSPS) is 23.2. The first-order valence-corrected chi connectivity index (χ1v) is 9.55. The smallest absolute Gasteiger partial charge is 0.198 e. The highest BCUT2D eigenvalue weighted by molar-refractivity contribution is 9.10. The van der Waals surface area contributed by atoms with Gasteiger partial charge in [-0.2, -0.15) is 5.10 Å². The van der Waals surface area contributed by atoms with Crippen LogP contribution >= 0.6 is 15.9 Å². The fraction of sp³-hybridized carbons (Fsp3) is 0.350. The maximum Gasteiger partial charge on any atom is 0.198 e. The van der Waals surface area contributed by atoms with Gasteiger partial charge in [0.25, 0.3) is 0 Å². The van der Waals surface area contributed by atoms with E-state index in [1.807, 2.05) is 18.2 Å². The summed E-state index contributed by atoms with van der Waals surface area (Å²) in [5.41, 5.74) is 2.84. The van der Waals surface area contributed by atoms with Crippen molar-refractivity contribution < 1.29 is 9.13 Å². The summed E-state index contributed by atoms with van der Waals surface area (Å²) in [7, 11) is 0. The third-order valence-electron chi connectivity index (χ3n) is 5.52. The largest absolute Gasteiger partial charge is 0.466 e. The number of hydrogen-bond donors (Lipinski definition) is 0. The van der Waals surface area contributed by atoms with Crippen molar-refractivity contribution in [3.63, 3.8) is 0 Å². The SMILES string of the molecule is Fc1ccc(C2=NN3C(C2)c2cc(Br)ccc2OC32CCCC2)cc1. The monoisotopic (exact) mass is 400 g/mol. The fourth-order valence-corrected chi connectivity index (χ4v) is 4.71. The van der Waals surface area contributed by atoms with Crippen LogP contribution in [0, 0.1) is 5.82 Å². The van der Waals surface area contributed by atoms with E-state index >= 15 is 0 Å². The number of halogens is 2. The van der Waals surface area contributed by atoms with Crippen molar-refractivity contribution in [3.05, 3.63) is 63.9 Å². The Bertz CT molecular complexity index is 858. The van der Waals surface area contributed by atoms with Gasteiger partial charge in [0, 0.05) is 29.3 Å². The molecule has 2 heterocycles. The molecule has 5 heteroatoms. The van der Waals surface area contributed by atoms with Crippen LogP contribution in [-0.4, -0.2) is 16.4 Å². The summed E-state index contributed by atoms with van der Waals surface area (Å²) in [5.74, 6) is 0.756. The van der Waals surface area contributed by atoms with Gasteiger partial charge in [-0.25, -0.2) is 9.40 Å². The predicted molar refractivity (Wildman–Crippen MR) is 98.1 cm³/mol. The van der Waals surface area contributed by atoms with Crippen LogP contribution in [-0.2, 0) is 0 Å².